The Morgan fingerprint density at radius 1 is 1.27 bits per heavy atom. The third kappa shape index (κ3) is 6.10. The largest absolute Gasteiger partial charge is 2.00 e. The zero-order chi connectivity index (χ0) is 11.4. The molecule has 0 fully saturated rings. The van der Waals surface area contributed by atoms with Gasteiger partial charge in [-0.3, -0.25) is 9.59 Å². The number of hydrogen-bond acceptors (Lipinski definition) is 5. The van der Waals surface area contributed by atoms with Crippen LogP contribution in [0.15, 0.2) is 0 Å². The van der Waals surface area contributed by atoms with Crippen LogP contribution in [0.25, 0.3) is 0 Å². The van der Waals surface area contributed by atoms with Crippen LogP contribution < -0.4 is 0 Å². The second kappa shape index (κ2) is 7.17. The van der Waals surface area contributed by atoms with E-state index < -0.39 is 36.4 Å². The molecule has 0 amide bonds. The zero-order valence-electron chi connectivity index (χ0n) is 10.1. The molecule has 1 unspecified atom stereocenters. The molecule has 0 aliphatic carbocycles. The summed E-state index contributed by atoms with van der Waals surface area (Å²) in [6, 6.07) is 0. The molecule has 3 N–H and O–H groups in total. The summed E-state index contributed by atoms with van der Waals surface area (Å²) in [5.74, 6) is -4.19. The first-order chi connectivity index (χ1) is 6.31. The van der Waals surface area contributed by atoms with Crippen LogP contribution in [0.5, 0.6) is 0 Å². The van der Waals surface area contributed by atoms with Gasteiger partial charge in [0.05, 0.1) is 12.8 Å². The van der Waals surface area contributed by atoms with E-state index in [1.807, 2.05) is 0 Å². The molecule has 0 radical (unpaired) electrons. The van der Waals surface area contributed by atoms with Gasteiger partial charge in [0, 0.05) is 0 Å². The molecule has 0 spiro atoms. The van der Waals surface area contributed by atoms with Crippen molar-refractivity contribution in [2.45, 2.75) is 18.4 Å². The van der Waals surface area contributed by atoms with Crippen molar-refractivity contribution in [2.75, 3.05) is 0 Å². The summed E-state index contributed by atoms with van der Waals surface area (Å²) in [6.45, 7) is 0. The van der Waals surface area contributed by atoms with Gasteiger partial charge >= 0.3 is 49.7 Å². The Morgan fingerprint density at radius 2 is 1.73 bits per heavy atom. The summed E-state index contributed by atoms with van der Waals surface area (Å²) in [7, 11) is 0.0598. The molecule has 0 aromatic rings. The molecule has 0 heterocycles. The zero-order valence-corrected chi connectivity index (χ0v) is 12.3. The quantitative estimate of drug-likeness (QED) is 0.463. The number of aliphatic carboxylic acids is 2. The first-order valence-corrected chi connectivity index (χ1v) is 4.38. The first kappa shape index (κ1) is 17.2. The molecule has 1 atom stereocenters. The van der Waals surface area contributed by atoms with Crippen LogP contribution in [-0.4, -0.2) is 87.1 Å². The SMILES string of the molecule is O=C(O)CC(O)(CC(=O)O[SiH3])C(=O)O.[Ca+2].[H-].[H-]. The van der Waals surface area contributed by atoms with Crippen molar-refractivity contribution in [1.82, 2.24) is 0 Å². The van der Waals surface area contributed by atoms with Gasteiger partial charge in [-0.05, 0) is 0 Å². The van der Waals surface area contributed by atoms with E-state index in [4.69, 9.17) is 10.2 Å². The van der Waals surface area contributed by atoms with Gasteiger partial charge in [0.25, 0.3) is 5.97 Å². The van der Waals surface area contributed by atoms with Crippen molar-refractivity contribution in [3.05, 3.63) is 0 Å². The minimum absolute atomic E-state index is 0. The van der Waals surface area contributed by atoms with Gasteiger partial charge in [0.15, 0.2) is 5.60 Å². The van der Waals surface area contributed by atoms with Crippen LogP contribution in [0, 0.1) is 0 Å². The van der Waals surface area contributed by atoms with Crippen molar-refractivity contribution in [1.29, 1.82) is 0 Å². The molecule has 0 bridgehead atoms. The second-order valence-electron chi connectivity index (χ2n) is 2.66. The maximum absolute atomic E-state index is 10.7. The van der Waals surface area contributed by atoms with Crippen molar-refractivity contribution < 1.29 is 37.0 Å². The van der Waals surface area contributed by atoms with Crippen LogP contribution >= 0.6 is 0 Å². The maximum atomic E-state index is 10.7. The molecule has 0 aromatic carbocycles. The van der Waals surface area contributed by atoms with Crippen LogP contribution in [-0.2, 0) is 18.8 Å². The fraction of sp³-hybridized carbons (Fsp3) is 0.500. The molecule has 0 saturated carbocycles. The summed E-state index contributed by atoms with van der Waals surface area (Å²) in [4.78, 5) is 31.4. The smallest absolute Gasteiger partial charge is 1.00 e. The van der Waals surface area contributed by atoms with Crippen LogP contribution in [0.4, 0.5) is 0 Å². The van der Waals surface area contributed by atoms with Gasteiger partial charge in [-0.1, -0.05) is 0 Å². The van der Waals surface area contributed by atoms with E-state index in [2.05, 4.69) is 4.43 Å². The van der Waals surface area contributed by atoms with Gasteiger partial charge in [-0.15, -0.1) is 0 Å². The topological polar surface area (TPSA) is 121 Å². The molecule has 0 rings (SSSR count). The molecule has 0 aliphatic rings. The summed E-state index contributed by atoms with van der Waals surface area (Å²) in [6.07, 6.45) is -1.91. The Morgan fingerprint density at radius 3 is 2.00 bits per heavy atom. The number of rotatable bonds is 5. The molecule has 0 aromatic heterocycles. The number of aliphatic hydroxyl groups is 1. The minimum Gasteiger partial charge on any atom is -1.00 e. The number of carboxylic acid groups (broad SMARTS) is 2. The van der Waals surface area contributed by atoms with Gasteiger partial charge < -0.3 is 22.6 Å². The van der Waals surface area contributed by atoms with Gasteiger partial charge in [-0.25, -0.2) is 4.79 Å². The van der Waals surface area contributed by atoms with Crippen molar-refractivity contribution in [2.24, 2.45) is 0 Å². The predicted octanol–water partition coefficient (Wildman–Crippen LogP) is -2.67. The van der Waals surface area contributed by atoms with E-state index in [0.717, 1.165) is 0 Å². The van der Waals surface area contributed by atoms with E-state index >= 15 is 0 Å². The molecule has 9 heteroatoms. The molecular weight excluding hydrogens is 252 g/mol. The molecule has 84 valence electrons. The number of carbonyl (C=O) groups is 3. The summed E-state index contributed by atoms with van der Waals surface area (Å²) in [5.41, 5.74) is -2.59. The van der Waals surface area contributed by atoms with Crippen LogP contribution in [0.2, 0.25) is 0 Å². The van der Waals surface area contributed by atoms with Gasteiger partial charge in [-0.2, -0.15) is 0 Å². The third-order valence-electron chi connectivity index (χ3n) is 1.51. The average molecular weight is 264 g/mol. The van der Waals surface area contributed by atoms with Crippen LogP contribution in [0.3, 0.4) is 0 Å². The van der Waals surface area contributed by atoms with Crippen molar-refractivity contribution >= 4 is 66.1 Å². The Hall–Kier alpha value is -0.153. The summed E-state index contributed by atoms with van der Waals surface area (Å²) >= 11 is 0. The summed E-state index contributed by atoms with van der Waals surface area (Å²) < 4.78 is 4.26. The Kier molecular flexibility index (Phi) is 8.25. The van der Waals surface area contributed by atoms with Gasteiger partial charge in [0.2, 0.25) is 10.5 Å². The normalized spacial score (nSPS) is 13.4. The van der Waals surface area contributed by atoms with Crippen molar-refractivity contribution in [3.8, 4) is 0 Å². The Bertz CT molecular complexity index is 277. The predicted molar refractivity (Wildman–Crippen MR) is 53.5 cm³/mol. The van der Waals surface area contributed by atoms with E-state index in [9.17, 15) is 19.5 Å². The number of hydrogen-bond donors (Lipinski definition) is 3. The molecule has 0 saturated heterocycles. The minimum atomic E-state index is -2.59. The van der Waals surface area contributed by atoms with E-state index in [0.29, 0.717) is 0 Å². The monoisotopic (exact) mass is 264 g/mol. The van der Waals surface area contributed by atoms with Crippen LogP contribution in [0.1, 0.15) is 15.7 Å². The maximum Gasteiger partial charge on any atom is 2.00 e. The molecular formula is C6H12CaO7Si. The van der Waals surface area contributed by atoms with E-state index in [1.165, 1.54) is 0 Å². The average Bonchev–Trinajstić information content (AvgIpc) is 2.02. The fourth-order valence-electron chi connectivity index (χ4n) is 0.775. The number of carbonyl (C=O) groups excluding carboxylic acids is 1. The Balaban J connectivity index is -0.000000282. The summed E-state index contributed by atoms with van der Waals surface area (Å²) in [5, 5.41) is 26.1. The number of carboxylic acids is 2. The Labute approximate surface area is 121 Å². The van der Waals surface area contributed by atoms with Crippen molar-refractivity contribution in [3.63, 3.8) is 0 Å². The van der Waals surface area contributed by atoms with E-state index in [-0.39, 0.29) is 51.1 Å². The molecule has 7 nitrogen and oxygen atoms in total. The first-order valence-electron chi connectivity index (χ1n) is 3.56. The molecule has 0 aliphatic heterocycles. The third-order valence-corrected chi connectivity index (χ3v) is 1.96. The van der Waals surface area contributed by atoms with E-state index in [1.54, 1.807) is 0 Å². The van der Waals surface area contributed by atoms with Gasteiger partial charge in [0.1, 0.15) is 0 Å². The standard InChI is InChI=1S/C6H10O7Si.Ca.2H/c7-3(8)1-6(12,5(10)11)2-4(9)13-14;;;/h12H,1-2H2,14H3,(H,7,8)(H,10,11);;;/q;+2;2*-1. The second-order valence-corrected chi connectivity index (χ2v) is 3.07. The molecule has 15 heavy (non-hydrogen) atoms. The fourth-order valence-corrected chi connectivity index (χ4v) is 0.919.